The third-order valence-corrected chi connectivity index (χ3v) is 3.69. The lowest BCUT2D eigenvalue weighted by Crippen LogP contribution is -2.21. The van der Waals surface area contributed by atoms with Crippen molar-refractivity contribution in [1.82, 2.24) is 0 Å². The zero-order chi connectivity index (χ0) is 15.7. The van der Waals surface area contributed by atoms with Gasteiger partial charge in [0.2, 0.25) is 0 Å². The van der Waals surface area contributed by atoms with Crippen LogP contribution in [0.4, 0.5) is 11.4 Å². The van der Waals surface area contributed by atoms with E-state index in [9.17, 15) is 9.90 Å². The fourth-order valence-corrected chi connectivity index (χ4v) is 2.41. The third kappa shape index (κ3) is 2.58. The van der Waals surface area contributed by atoms with Crippen molar-refractivity contribution in [2.75, 3.05) is 17.7 Å². The van der Waals surface area contributed by atoms with Gasteiger partial charge in [0.1, 0.15) is 5.84 Å². The van der Waals surface area contributed by atoms with Gasteiger partial charge in [-0.3, -0.25) is 4.79 Å². The molecule has 2 aromatic carbocycles. The fraction of sp³-hybridized carbons (Fsp3) is 0.176. The first-order valence-electron chi connectivity index (χ1n) is 7.04. The lowest BCUT2D eigenvalue weighted by Gasteiger charge is -2.23. The molecule has 0 bridgehead atoms. The van der Waals surface area contributed by atoms with Crippen LogP contribution in [0.3, 0.4) is 0 Å². The van der Waals surface area contributed by atoms with Gasteiger partial charge in [-0.25, -0.2) is 4.99 Å². The Kier molecular flexibility index (Phi) is 3.65. The summed E-state index contributed by atoms with van der Waals surface area (Å²) >= 11 is 0. The third-order valence-electron chi connectivity index (χ3n) is 3.69. The van der Waals surface area contributed by atoms with E-state index in [-0.39, 0.29) is 5.78 Å². The van der Waals surface area contributed by atoms with Gasteiger partial charge in [-0.1, -0.05) is 24.3 Å². The predicted octanol–water partition coefficient (Wildman–Crippen LogP) is 2.79. The average molecular weight is 295 g/mol. The lowest BCUT2D eigenvalue weighted by atomic mass is 10.0. The molecule has 5 nitrogen and oxygen atoms in total. The molecule has 1 aliphatic heterocycles. The molecule has 0 radical (unpaired) electrons. The van der Waals surface area contributed by atoms with Crippen molar-refractivity contribution in [3.63, 3.8) is 0 Å². The molecular formula is C17H17N3O2. The molecule has 1 heterocycles. The van der Waals surface area contributed by atoms with Crippen molar-refractivity contribution in [3.05, 3.63) is 59.2 Å². The Labute approximate surface area is 128 Å². The fourth-order valence-electron chi connectivity index (χ4n) is 2.41. The number of hydrogen-bond acceptors (Lipinski definition) is 5. The summed E-state index contributed by atoms with van der Waals surface area (Å²) < 4.78 is 0. The minimum Gasteiger partial charge on any atom is -0.388 e. The van der Waals surface area contributed by atoms with E-state index in [0.717, 1.165) is 22.5 Å². The number of nitrogens with one attached hydrogen (secondary N) is 2. The molecule has 5 heteroatoms. The van der Waals surface area contributed by atoms with Gasteiger partial charge >= 0.3 is 0 Å². The van der Waals surface area contributed by atoms with E-state index in [1.165, 1.54) is 6.92 Å². The van der Waals surface area contributed by atoms with Crippen LogP contribution in [-0.4, -0.2) is 23.8 Å². The minimum absolute atomic E-state index is 0.0232. The Hall–Kier alpha value is -2.66. The van der Waals surface area contributed by atoms with Gasteiger partial charge < -0.3 is 15.7 Å². The molecule has 0 saturated heterocycles. The SMILES string of the molecule is CNc1ccc2c(c1)C(O)N=C(c1ccc(C(C)=O)cc1)N2. The molecule has 3 rings (SSSR count). The van der Waals surface area contributed by atoms with Gasteiger partial charge in [-0.2, -0.15) is 0 Å². The highest BCUT2D eigenvalue weighted by Crippen LogP contribution is 2.31. The first-order valence-corrected chi connectivity index (χ1v) is 7.04. The van der Waals surface area contributed by atoms with Gasteiger partial charge in [-0.05, 0) is 25.1 Å². The van der Waals surface area contributed by atoms with Crippen LogP contribution < -0.4 is 10.6 Å². The summed E-state index contributed by atoms with van der Waals surface area (Å²) in [6.07, 6.45) is -0.910. The Morgan fingerprint density at radius 3 is 2.59 bits per heavy atom. The van der Waals surface area contributed by atoms with Crippen LogP contribution >= 0.6 is 0 Å². The van der Waals surface area contributed by atoms with Crippen LogP contribution in [0, 0.1) is 0 Å². The standard InChI is InChI=1S/C17H17N3O2/c1-10(21)11-3-5-12(6-4-11)16-19-15-8-7-13(18-2)9-14(15)17(22)20-16/h3-9,17-18,22H,1-2H3,(H,19,20). The molecule has 0 fully saturated rings. The van der Waals surface area contributed by atoms with E-state index in [1.54, 1.807) is 12.1 Å². The molecule has 1 unspecified atom stereocenters. The number of fused-ring (bicyclic) bond motifs is 1. The van der Waals surface area contributed by atoms with Gasteiger partial charge in [0.15, 0.2) is 12.0 Å². The van der Waals surface area contributed by atoms with Crippen molar-refractivity contribution < 1.29 is 9.90 Å². The number of Topliss-reactive ketones (excluding diaryl/α,β-unsaturated/α-hetero) is 1. The van der Waals surface area contributed by atoms with Crippen LogP contribution in [-0.2, 0) is 0 Å². The highest BCUT2D eigenvalue weighted by molar-refractivity contribution is 6.10. The Bertz CT molecular complexity index is 751. The molecular weight excluding hydrogens is 278 g/mol. The molecule has 0 saturated carbocycles. The maximum Gasteiger partial charge on any atom is 0.175 e. The number of rotatable bonds is 3. The summed E-state index contributed by atoms with van der Waals surface area (Å²) in [5.74, 6) is 0.613. The van der Waals surface area contributed by atoms with Gasteiger partial charge in [-0.15, -0.1) is 0 Å². The Balaban J connectivity index is 1.92. The van der Waals surface area contributed by atoms with E-state index in [0.29, 0.717) is 11.4 Å². The van der Waals surface area contributed by atoms with Crippen LogP contribution in [0.5, 0.6) is 0 Å². The number of carbonyl (C=O) groups excluding carboxylic acids is 1. The van der Waals surface area contributed by atoms with Crippen molar-refractivity contribution in [3.8, 4) is 0 Å². The number of ketones is 1. The van der Waals surface area contributed by atoms with Crippen LogP contribution in [0.15, 0.2) is 47.5 Å². The lowest BCUT2D eigenvalue weighted by molar-refractivity contribution is 0.101. The number of aliphatic imine (C=N–C) groups is 1. The first kappa shape index (κ1) is 14.3. The number of anilines is 2. The number of nitrogens with zero attached hydrogens (tertiary/aromatic N) is 1. The second-order valence-electron chi connectivity index (χ2n) is 5.16. The van der Waals surface area contributed by atoms with Crippen LogP contribution in [0.2, 0.25) is 0 Å². The normalized spacial score (nSPS) is 16.3. The molecule has 0 amide bonds. The van der Waals surface area contributed by atoms with Crippen molar-refractivity contribution >= 4 is 23.0 Å². The Morgan fingerprint density at radius 2 is 1.95 bits per heavy atom. The number of carbonyl (C=O) groups is 1. The highest BCUT2D eigenvalue weighted by atomic mass is 16.3. The predicted molar refractivity (Wildman–Crippen MR) is 87.6 cm³/mol. The largest absolute Gasteiger partial charge is 0.388 e. The maximum absolute atomic E-state index is 11.3. The van der Waals surface area contributed by atoms with Crippen LogP contribution in [0.1, 0.15) is 34.6 Å². The molecule has 3 N–H and O–H groups in total. The van der Waals surface area contributed by atoms with Crippen molar-refractivity contribution in [1.29, 1.82) is 0 Å². The zero-order valence-corrected chi connectivity index (χ0v) is 12.4. The smallest absolute Gasteiger partial charge is 0.175 e. The van der Waals surface area contributed by atoms with Crippen molar-refractivity contribution in [2.45, 2.75) is 13.2 Å². The monoisotopic (exact) mass is 295 g/mol. The molecule has 2 aromatic rings. The summed E-state index contributed by atoms with van der Waals surface area (Å²) in [5.41, 5.74) is 3.96. The molecule has 0 spiro atoms. The number of amidine groups is 1. The minimum atomic E-state index is -0.910. The van der Waals surface area contributed by atoms with Gasteiger partial charge in [0, 0.05) is 35.1 Å². The van der Waals surface area contributed by atoms with Gasteiger partial charge in [0.25, 0.3) is 0 Å². The highest BCUT2D eigenvalue weighted by Gasteiger charge is 2.20. The number of aliphatic hydroxyl groups excluding tert-OH is 1. The first-order chi connectivity index (χ1) is 10.6. The quantitative estimate of drug-likeness (QED) is 0.761. The van der Waals surface area contributed by atoms with E-state index in [4.69, 9.17) is 0 Å². The zero-order valence-electron chi connectivity index (χ0n) is 12.4. The molecule has 112 valence electrons. The summed E-state index contributed by atoms with van der Waals surface area (Å²) in [5, 5.41) is 16.5. The van der Waals surface area contributed by atoms with Gasteiger partial charge in [0.05, 0.1) is 0 Å². The molecule has 1 atom stereocenters. The summed E-state index contributed by atoms with van der Waals surface area (Å²) in [7, 11) is 1.83. The molecule has 0 aromatic heterocycles. The number of hydrogen-bond donors (Lipinski definition) is 3. The van der Waals surface area contributed by atoms with Crippen LogP contribution in [0.25, 0.3) is 0 Å². The summed E-state index contributed by atoms with van der Waals surface area (Å²) in [4.78, 5) is 15.6. The average Bonchev–Trinajstić information content (AvgIpc) is 2.54. The molecule has 22 heavy (non-hydrogen) atoms. The number of aliphatic hydroxyl groups is 1. The van der Waals surface area contributed by atoms with E-state index in [1.807, 2.05) is 37.4 Å². The Morgan fingerprint density at radius 1 is 1.23 bits per heavy atom. The molecule has 0 aliphatic carbocycles. The second kappa shape index (κ2) is 5.61. The summed E-state index contributed by atoms with van der Waals surface area (Å²) in [6, 6.07) is 12.9. The second-order valence-corrected chi connectivity index (χ2v) is 5.16. The topological polar surface area (TPSA) is 73.7 Å². The van der Waals surface area contributed by atoms with E-state index >= 15 is 0 Å². The summed E-state index contributed by atoms with van der Waals surface area (Å²) in [6.45, 7) is 1.53. The van der Waals surface area contributed by atoms with Crippen molar-refractivity contribution in [2.24, 2.45) is 4.99 Å². The molecule has 1 aliphatic rings. The number of benzene rings is 2. The van der Waals surface area contributed by atoms with E-state index in [2.05, 4.69) is 15.6 Å². The van der Waals surface area contributed by atoms with E-state index < -0.39 is 6.23 Å². The maximum atomic E-state index is 11.3.